The minimum absolute atomic E-state index is 0.0290. The highest BCUT2D eigenvalue weighted by Crippen LogP contribution is 2.11. The van der Waals surface area contributed by atoms with E-state index in [0.717, 1.165) is 11.8 Å². The molecule has 1 heterocycles. The second kappa shape index (κ2) is 4.65. The van der Waals surface area contributed by atoms with Gasteiger partial charge < -0.3 is 16.0 Å². The smallest absolute Gasteiger partial charge is 0.254 e. The third-order valence-electron chi connectivity index (χ3n) is 2.23. The molecule has 1 aromatic carbocycles. The lowest BCUT2D eigenvalue weighted by Crippen LogP contribution is -2.24. The first-order chi connectivity index (χ1) is 8.16. The first kappa shape index (κ1) is 11.1. The molecule has 0 saturated carbocycles. The third kappa shape index (κ3) is 2.60. The van der Waals surface area contributed by atoms with Crippen molar-refractivity contribution >= 4 is 11.6 Å². The normalized spacial score (nSPS) is 10.2. The largest absolute Gasteiger partial charge is 0.399 e. The zero-order valence-electron chi connectivity index (χ0n) is 8.90. The van der Waals surface area contributed by atoms with Gasteiger partial charge in [0.1, 0.15) is 5.82 Å². The maximum Gasteiger partial charge on any atom is 0.254 e. The van der Waals surface area contributed by atoms with Gasteiger partial charge in [0.2, 0.25) is 0 Å². The molecule has 2 rings (SSSR count). The summed E-state index contributed by atoms with van der Waals surface area (Å²) in [5.41, 5.74) is 6.39. The Balaban J connectivity index is 2.04. The molecule has 0 bridgehead atoms. The number of hydrogen-bond acceptors (Lipinski definition) is 3. The number of anilines is 1. The first-order valence-electron chi connectivity index (χ1n) is 4.97. The van der Waals surface area contributed by atoms with E-state index < -0.39 is 11.7 Å². The van der Waals surface area contributed by atoms with E-state index >= 15 is 0 Å². The number of nitrogens with one attached hydrogen (secondary N) is 2. The molecule has 0 aliphatic rings. The van der Waals surface area contributed by atoms with Gasteiger partial charge in [-0.25, -0.2) is 9.37 Å². The van der Waals surface area contributed by atoms with Crippen LogP contribution in [0.5, 0.6) is 0 Å². The molecule has 2 aromatic rings. The predicted octanol–water partition coefficient (Wildman–Crippen LogP) is 1.06. The lowest BCUT2D eigenvalue weighted by molar-refractivity contribution is 0.0946. The van der Waals surface area contributed by atoms with Crippen LogP contribution in [-0.2, 0) is 6.54 Å². The molecular formula is C11H11FN4O. The fraction of sp³-hybridized carbons (Fsp3) is 0.0909. The number of nitrogens with zero attached hydrogens (tertiary/aromatic N) is 1. The second-order valence-electron chi connectivity index (χ2n) is 3.50. The summed E-state index contributed by atoms with van der Waals surface area (Å²) >= 11 is 0. The molecule has 17 heavy (non-hydrogen) atoms. The molecule has 88 valence electrons. The Morgan fingerprint density at radius 3 is 3.00 bits per heavy atom. The first-order valence-corrected chi connectivity index (χ1v) is 4.97. The van der Waals surface area contributed by atoms with Gasteiger partial charge in [-0.1, -0.05) is 0 Å². The van der Waals surface area contributed by atoms with Crippen LogP contribution in [0.4, 0.5) is 10.1 Å². The van der Waals surface area contributed by atoms with Crippen LogP contribution >= 0.6 is 0 Å². The van der Waals surface area contributed by atoms with Crippen LogP contribution in [0.3, 0.4) is 0 Å². The number of benzene rings is 1. The van der Waals surface area contributed by atoms with E-state index in [1.54, 1.807) is 6.20 Å². The Hall–Kier alpha value is -2.37. The van der Waals surface area contributed by atoms with Crippen molar-refractivity contribution < 1.29 is 9.18 Å². The van der Waals surface area contributed by atoms with E-state index in [1.165, 1.54) is 18.5 Å². The highest BCUT2D eigenvalue weighted by atomic mass is 19.1. The standard InChI is InChI=1S/C11H11FN4O/c12-10-3-7(13)1-2-9(10)11(17)15-5-8-4-14-6-16-8/h1-4,6H,5,13H2,(H,14,16)(H,15,17). The van der Waals surface area contributed by atoms with Crippen LogP contribution in [0.2, 0.25) is 0 Å². The van der Waals surface area contributed by atoms with E-state index in [9.17, 15) is 9.18 Å². The number of aromatic nitrogens is 2. The van der Waals surface area contributed by atoms with E-state index in [0.29, 0.717) is 0 Å². The van der Waals surface area contributed by atoms with Crippen molar-refractivity contribution in [3.8, 4) is 0 Å². The number of H-pyrrole nitrogens is 1. The summed E-state index contributed by atoms with van der Waals surface area (Å²) in [4.78, 5) is 18.3. The number of halogens is 1. The van der Waals surface area contributed by atoms with Gasteiger partial charge in [-0.05, 0) is 18.2 Å². The summed E-state index contributed by atoms with van der Waals surface area (Å²) in [6, 6.07) is 3.95. The Morgan fingerprint density at radius 2 is 2.35 bits per heavy atom. The fourth-order valence-corrected chi connectivity index (χ4v) is 1.37. The molecule has 6 heteroatoms. The van der Waals surface area contributed by atoms with Gasteiger partial charge >= 0.3 is 0 Å². The summed E-state index contributed by atoms with van der Waals surface area (Å²) < 4.78 is 13.4. The van der Waals surface area contributed by atoms with Crippen molar-refractivity contribution in [3.63, 3.8) is 0 Å². The minimum Gasteiger partial charge on any atom is -0.399 e. The molecule has 0 atom stereocenters. The van der Waals surface area contributed by atoms with Gasteiger partial charge in [-0.3, -0.25) is 4.79 Å². The summed E-state index contributed by atoms with van der Waals surface area (Å²) in [6.45, 7) is 0.267. The SMILES string of the molecule is Nc1ccc(C(=O)NCc2cnc[nH]2)c(F)c1. The third-order valence-corrected chi connectivity index (χ3v) is 2.23. The van der Waals surface area contributed by atoms with Gasteiger partial charge in [-0.15, -0.1) is 0 Å². The predicted molar refractivity (Wildman–Crippen MR) is 60.6 cm³/mol. The number of imidazole rings is 1. The van der Waals surface area contributed by atoms with Crippen molar-refractivity contribution in [2.45, 2.75) is 6.54 Å². The molecule has 0 aliphatic carbocycles. The molecule has 1 amide bonds. The molecule has 4 N–H and O–H groups in total. The van der Waals surface area contributed by atoms with Gasteiger partial charge in [0.05, 0.1) is 24.1 Å². The summed E-state index contributed by atoms with van der Waals surface area (Å²) in [7, 11) is 0. The number of amides is 1. The van der Waals surface area contributed by atoms with Crippen LogP contribution in [0.25, 0.3) is 0 Å². The monoisotopic (exact) mass is 234 g/mol. The molecule has 1 aromatic heterocycles. The van der Waals surface area contributed by atoms with E-state index in [2.05, 4.69) is 15.3 Å². The van der Waals surface area contributed by atoms with Crippen molar-refractivity contribution in [3.05, 3.63) is 47.8 Å². The lowest BCUT2D eigenvalue weighted by Gasteiger charge is -2.05. The Kier molecular flexibility index (Phi) is 3.04. The van der Waals surface area contributed by atoms with Crippen molar-refractivity contribution in [1.29, 1.82) is 0 Å². The lowest BCUT2D eigenvalue weighted by atomic mass is 10.2. The second-order valence-corrected chi connectivity index (χ2v) is 3.50. The maximum atomic E-state index is 13.4. The molecule has 0 aliphatic heterocycles. The van der Waals surface area contributed by atoms with Gasteiger partial charge in [0.25, 0.3) is 5.91 Å². The zero-order chi connectivity index (χ0) is 12.3. The highest BCUT2D eigenvalue weighted by Gasteiger charge is 2.11. The van der Waals surface area contributed by atoms with E-state index in [-0.39, 0.29) is 17.8 Å². The number of nitrogens with two attached hydrogens (primary N) is 1. The molecule has 0 saturated heterocycles. The highest BCUT2D eigenvalue weighted by molar-refractivity contribution is 5.94. The zero-order valence-corrected chi connectivity index (χ0v) is 8.90. The van der Waals surface area contributed by atoms with Crippen LogP contribution < -0.4 is 11.1 Å². The van der Waals surface area contributed by atoms with Gasteiger partial charge in [0.15, 0.2) is 0 Å². The molecule has 0 unspecified atom stereocenters. The average Bonchev–Trinajstić information content (AvgIpc) is 2.78. The van der Waals surface area contributed by atoms with Gasteiger partial charge in [0, 0.05) is 11.9 Å². The van der Waals surface area contributed by atoms with E-state index in [1.807, 2.05) is 0 Å². The van der Waals surface area contributed by atoms with Crippen LogP contribution in [0.1, 0.15) is 16.1 Å². The summed E-state index contributed by atoms with van der Waals surface area (Å²) in [5.74, 6) is -1.12. The van der Waals surface area contributed by atoms with Crippen LogP contribution in [-0.4, -0.2) is 15.9 Å². The summed E-state index contributed by atoms with van der Waals surface area (Å²) in [6.07, 6.45) is 3.09. The fourth-order valence-electron chi connectivity index (χ4n) is 1.37. The number of carbonyl (C=O) groups excluding carboxylic acids is 1. The van der Waals surface area contributed by atoms with Crippen molar-refractivity contribution in [2.24, 2.45) is 0 Å². The molecule has 0 fully saturated rings. The van der Waals surface area contributed by atoms with Gasteiger partial charge in [-0.2, -0.15) is 0 Å². The number of aromatic amines is 1. The van der Waals surface area contributed by atoms with E-state index in [4.69, 9.17) is 5.73 Å². The molecule has 5 nitrogen and oxygen atoms in total. The number of carbonyl (C=O) groups is 1. The van der Waals surface area contributed by atoms with Crippen molar-refractivity contribution in [1.82, 2.24) is 15.3 Å². The Bertz CT molecular complexity index is 524. The maximum absolute atomic E-state index is 13.4. The molecule has 0 spiro atoms. The molecule has 0 radical (unpaired) electrons. The summed E-state index contributed by atoms with van der Waals surface area (Å²) in [5, 5.41) is 2.57. The number of rotatable bonds is 3. The van der Waals surface area contributed by atoms with Crippen LogP contribution in [0, 0.1) is 5.82 Å². The van der Waals surface area contributed by atoms with Crippen molar-refractivity contribution in [2.75, 3.05) is 5.73 Å². The van der Waals surface area contributed by atoms with Crippen LogP contribution in [0.15, 0.2) is 30.7 Å². The average molecular weight is 234 g/mol. The topological polar surface area (TPSA) is 83.8 Å². The number of nitrogen functional groups attached to an aromatic ring is 1. The minimum atomic E-state index is -0.632. The number of hydrogen-bond donors (Lipinski definition) is 3. The quantitative estimate of drug-likeness (QED) is 0.694. The molecular weight excluding hydrogens is 223 g/mol. The Morgan fingerprint density at radius 1 is 1.53 bits per heavy atom. The Labute approximate surface area is 96.9 Å².